The Hall–Kier alpha value is -5.14. The van der Waals surface area contributed by atoms with Crippen LogP contribution in [-0.2, 0) is 34.8 Å². The number of ether oxygens (including phenoxy) is 1. The molecule has 1 atom stereocenters. The minimum absolute atomic E-state index is 0.0408. The van der Waals surface area contributed by atoms with E-state index in [0.29, 0.717) is 22.3 Å². The summed E-state index contributed by atoms with van der Waals surface area (Å²) in [6.07, 6.45) is 0.823. The average Bonchev–Trinajstić information content (AvgIpc) is 3.43. The quantitative estimate of drug-likeness (QED) is 0.171. The monoisotopic (exact) mass is 656 g/mol. The predicted octanol–water partition coefficient (Wildman–Crippen LogP) is 5.34. The largest absolute Gasteiger partial charge is 0.369 e. The summed E-state index contributed by atoms with van der Waals surface area (Å²) in [4.78, 5) is 21.2. The van der Waals surface area contributed by atoms with Crippen molar-refractivity contribution in [2.24, 2.45) is 7.05 Å². The van der Waals surface area contributed by atoms with Gasteiger partial charge >= 0.3 is 0 Å². The Bertz CT molecular complexity index is 2240. The number of aryl methyl sites for hydroxylation is 2. The molecule has 0 saturated carbocycles. The summed E-state index contributed by atoms with van der Waals surface area (Å²) in [5.74, 6) is -1.80. The number of pyridine rings is 1. The summed E-state index contributed by atoms with van der Waals surface area (Å²) >= 11 is 0. The zero-order chi connectivity index (χ0) is 33.1. The Morgan fingerprint density at radius 3 is 2.47 bits per heavy atom. The fourth-order valence-electron chi connectivity index (χ4n) is 5.24. The van der Waals surface area contributed by atoms with Crippen LogP contribution in [0.1, 0.15) is 34.9 Å². The Morgan fingerprint density at radius 1 is 0.915 bits per heavy atom. The molecule has 0 aliphatic carbocycles. The Kier molecular flexibility index (Phi) is 9.01. The van der Waals surface area contributed by atoms with Gasteiger partial charge in [0.1, 0.15) is 11.3 Å². The van der Waals surface area contributed by atoms with Gasteiger partial charge in [-0.2, -0.15) is 0 Å². The SMILES string of the molecule is Cc1cc(-c2cc(F)c(=O)n(Cc3ccc4c(c3)nnn4C)c2)nc(S(=O)(=O)CCC(OCc2ccccc2F)c2ccccc2)n1. The molecule has 0 spiro atoms. The van der Waals surface area contributed by atoms with E-state index in [1.54, 1.807) is 49.0 Å². The first-order valence-electron chi connectivity index (χ1n) is 14.7. The van der Waals surface area contributed by atoms with Crippen molar-refractivity contribution in [1.82, 2.24) is 29.5 Å². The van der Waals surface area contributed by atoms with Gasteiger partial charge in [0.05, 0.1) is 36.2 Å². The number of hydrogen-bond donors (Lipinski definition) is 0. The molecule has 0 bridgehead atoms. The number of sulfone groups is 1. The van der Waals surface area contributed by atoms with Crippen LogP contribution < -0.4 is 5.56 Å². The molecular weight excluding hydrogens is 626 g/mol. The molecule has 1 unspecified atom stereocenters. The molecule has 0 aliphatic heterocycles. The third kappa shape index (κ3) is 7.16. The standard InChI is InChI=1S/C34H30F2N6O4S/c1-22-16-29(26-18-28(36)33(43)42(20-26)19-23-12-13-31-30(17-23)39-40-41(31)2)38-34(37-22)47(44,45)15-14-32(24-8-4-3-5-9-24)46-21-25-10-6-7-11-27(25)35/h3-13,16-18,20,32H,14-15,19,21H2,1-2H3. The van der Waals surface area contributed by atoms with Crippen molar-refractivity contribution >= 4 is 20.9 Å². The first kappa shape index (κ1) is 31.8. The minimum atomic E-state index is -4.06. The number of nitrogens with zero attached hydrogens (tertiary/aromatic N) is 6. The Morgan fingerprint density at radius 2 is 1.68 bits per heavy atom. The molecule has 0 N–H and O–H groups in total. The van der Waals surface area contributed by atoms with Gasteiger partial charge in [-0.1, -0.05) is 59.8 Å². The van der Waals surface area contributed by atoms with Crippen molar-refractivity contribution in [3.05, 3.63) is 135 Å². The summed E-state index contributed by atoms with van der Waals surface area (Å²) in [6, 6.07) is 23.2. The number of fused-ring (bicyclic) bond motifs is 1. The van der Waals surface area contributed by atoms with Gasteiger partial charge in [0.25, 0.3) is 5.56 Å². The number of hydrogen-bond acceptors (Lipinski definition) is 8. The summed E-state index contributed by atoms with van der Waals surface area (Å²) < 4.78 is 65.2. The topological polar surface area (TPSA) is 122 Å². The zero-order valence-electron chi connectivity index (χ0n) is 25.5. The molecule has 3 heterocycles. The first-order chi connectivity index (χ1) is 22.6. The molecule has 6 aromatic rings. The van der Waals surface area contributed by atoms with Gasteiger partial charge in [-0.05, 0) is 54.8 Å². The molecular formula is C34H30F2N6O4S. The van der Waals surface area contributed by atoms with Crippen LogP contribution in [0.15, 0.2) is 101 Å². The van der Waals surface area contributed by atoms with Gasteiger partial charge < -0.3 is 9.30 Å². The zero-order valence-corrected chi connectivity index (χ0v) is 26.4. The second-order valence-electron chi connectivity index (χ2n) is 11.1. The lowest BCUT2D eigenvalue weighted by Gasteiger charge is -2.19. The average molecular weight is 657 g/mol. The Labute approximate surface area is 269 Å². The molecule has 6 rings (SSSR count). The smallest absolute Gasteiger partial charge is 0.286 e. The highest BCUT2D eigenvalue weighted by Gasteiger charge is 2.24. The predicted molar refractivity (Wildman–Crippen MR) is 171 cm³/mol. The van der Waals surface area contributed by atoms with Gasteiger partial charge in [0.2, 0.25) is 15.0 Å². The van der Waals surface area contributed by atoms with E-state index in [1.165, 1.54) is 22.9 Å². The molecule has 13 heteroatoms. The maximum Gasteiger partial charge on any atom is 0.286 e. The first-order valence-corrected chi connectivity index (χ1v) is 16.4. The van der Waals surface area contributed by atoms with Crippen LogP contribution in [0.25, 0.3) is 22.3 Å². The molecule has 10 nitrogen and oxygen atoms in total. The van der Waals surface area contributed by atoms with Gasteiger partial charge in [0.15, 0.2) is 5.82 Å². The van der Waals surface area contributed by atoms with Crippen molar-refractivity contribution in [3.63, 3.8) is 0 Å². The number of aromatic nitrogens is 6. The van der Waals surface area contributed by atoms with Crippen LogP contribution in [0.5, 0.6) is 0 Å². The second kappa shape index (κ2) is 13.3. The van der Waals surface area contributed by atoms with E-state index < -0.39 is 38.3 Å². The minimum Gasteiger partial charge on any atom is -0.369 e. The van der Waals surface area contributed by atoms with Crippen molar-refractivity contribution in [2.75, 3.05) is 5.75 Å². The molecule has 47 heavy (non-hydrogen) atoms. The maximum absolute atomic E-state index is 15.0. The second-order valence-corrected chi connectivity index (χ2v) is 13.1. The van der Waals surface area contributed by atoms with Gasteiger partial charge in [-0.25, -0.2) is 31.8 Å². The molecule has 0 fully saturated rings. The third-order valence-electron chi connectivity index (χ3n) is 7.70. The Balaban J connectivity index is 1.25. The number of halogens is 2. The third-order valence-corrected chi connectivity index (χ3v) is 9.21. The molecule has 240 valence electrons. The van der Waals surface area contributed by atoms with Gasteiger partial charge in [0, 0.05) is 30.1 Å². The van der Waals surface area contributed by atoms with Crippen LogP contribution in [0.4, 0.5) is 8.78 Å². The lowest BCUT2D eigenvalue weighted by molar-refractivity contribution is 0.0361. The van der Waals surface area contributed by atoms with Crippen LogP contribution in [-0.4, -0.2) is 43.7 Å². The number of benzene rings is 3. The molecule has 0 aliphatic rings. The molecule has 3 aromatic carbocycles. The van der Waals surface area contributed by atoms with Crippen molar-refractivity contribution in [2.45, 2.75) is 37.8 Å². The van der Waals surface area contributed by atoms with E-state index in [0.717, 1.165) is 17.1 Å². The van der Waals surface area contributed by atoms with E-state index >= 15 is 0 Å². The van der Waals surface area contributed by atoms with E-state index in [-0.39, 0.29) is 36.6 Å². The fraction of sp³-hybridized carbons (Fsp3) is 0.206. The lowest BCUT2D eigenvalue weighted by Crippen LogP contribution is -2.23. The summed E-state index contributed by atoms with van der Waals surface area (Å²) in [7, 11) is -2.29. The normalized spacial score (nSPS) is 12.4. The van der Waals surface area contributed by atoms with E-state index in [2.05, 4.69) is 20.3 Å². The van der Waals surface area contributed by atoms with E-state index in [9.17, 15) is 22.0 Å². The van der Waals surface area contributed by atoms with Crippen molar-refractivity contribution < 1.29 is 21.9 Å². The highest BCUT2D eigenvalue weighted by Crippen LogP contribution is 2.26. The molecule has 0 saturated heterocycles. The van der Waals surface area contributed by atoms with Gasteiger partial charge in [-0.3, -0.25) is 4.79 Å². The molecule has 3 aromatic heterocycles. The van der Waals surface area contributed by atoms with Crippen LogP contribution >= 0.6 is 0 Å². The molecule has 0 amide bonds. The number of rotatable bonds is 11. The summed E-state index contributed by atoms with van der Waals surface area (Å²) in [6.45, 7) is 1.60. The summed E-state index contributed by atoms with van der Waals surface area (Å²) in [5.41, 5.74) is 3.07. The highest BCUT2D eigenvalue weighted by molar-refractivity contribution is 7.91. The lowest BCUT2D eigenvalue weighted by atomic mass is 10.1. The van der Waals surface area contributed by atoms with Crippen LogP contribution in [0.3, 0.4) is 0 Å². The van der Waals surface area contributed by atoms with Gasteiger partial charge in [-0.15, -0.1) is 5.10 Å². The van der Waals surface area contributed by atoms with Crippen molar-refractivity contribution in [3.8, 4) is 11.3 Å². The molecule has 0 radical (unpaired) electrons. The van der Waals surface area contributed by atoms with E-state index in [1.807, 2.05) is 36.4 Å². The maximum atomic E-state index is 15.0. The fourth-order valence-corrected chi connectivity index (χ4v) is 6.47. The van der Waals surface area contributed by atoms with Crippen LogP contribution in [0.2, 0.25) is 0 Å². The van der Waals surface area contributed by atoms with Crippen LogP contribution in [0, 0.1) is 18.6 Å². The highest BCUT2D eigenvalue weighted by atomic mass is 32.2. The summed E-state index contributed by atoms with van der Waals surface area (Å²) in [5, 5.41) is 7.65. The van der Waals surface area contributed by atoms with Crippen molar-refractivity contribution in [1.29, 1.82) is 0 Å². The van der Waals surface area contributed by atoms with E-state index in [4.69, 9.17) is 4.74 Å².